The molecule has 11 heteroatoms. The Labute approximate surface area is 122 Å². The number of urea groups is 1. The second-order valence-corrected chi connectivity index (χ2v) is 3.84. The molecule has 0 unspecified atom stereocenters. The van der Waals surface area contributed by atoms with Crippen molar-refractivity contribution in [3.63, 3.8) is 0 Å². The van der Waals surface area contributed by atoms with Crippen LogP contribution in [0.4, 0.5) is 27.8 Å². The molecule has 0 saturated heterocycles. The van der Waals surface area contributed by atoms with Gasteiger partial charge in [-0.15, -0.1) is 0 Å². The van der Waals surface area contributed by atoms with Gasteiger partial charge in [0.25, 0.3) is 0 Å². The summed E-state index contributed by atoms with van der Waals surface area (Å²) >= 11 is 0. The molecule has 0 saturated carbocycles. The van der Waals surface area contributed by atoms with Crippen LogP contribution in [0.25, 0.3) is 0 Å². The summed E-state index contributed by atoms with van der Waals surface area (Å²) in [4.78, 5) is 38.9. The third-order valence-electron chi connectivity index (χ3n) is 2.42. The van der Waals surface area contributed by atoms with Crippen molar-refractivity contribution in [2.45, 2.75) is 0 Å². The van der Waals surface area contributed by atoms with Crippen molar-refractivity contribution < 1.29 is 14.6 Å². The maximum atomic E-state index is 11.8. The van der Waals surface area contributed by atoms with E-state index in [4.69, 9.17) is 0 Å². The fraction of sp³-hybridized carbons (Fsp3) is 0. The average molecular weight is 304 g/mol. The van der Waals surface area contributed by atoms with E-state index in [0.717, 1.165) is 0 Å². The Morgan fingerprint density at radius 1 is 0.909 bits per heavy atom. The Kier molecular flexibility index (Phi) is 4.17. The van der Waals surface area contributed by atoms with Crippen LogP contribution >= 0.6 is 0 Å². The zero-order valence-corrected chi connectivity index (χ0v) is 10.8. The molecule has 11 nitrogen and oxygen atoms in total. The van der Waals surface area contributed by atoms with Gasteiger partial charge in [0.05, 0.1) is 0 Å². The summed E-state index contributed by atoms with van der Waals surface area (Å²) in [6.45, 7) is 0. The molecule has 0 aliphatic rings. The fourth-order valence-corrected chi connectivity index (χ4v) is 1.56. The molecule has 0 aromatic carbocycles. The molecule has 2 aromatic heterocycles. The topological polar surface area (TPSA) is 153 Å². The van der Waals surface area contributed by atoms with Crippen LogP contribution in [0.3, 0.4) is 0 Å². The smallest absolute Gasteiger partial charge is 0.358 e. The first-order chi connectivity index (χ1) is 10.5. The molecule has 0 atom stereocenters. The molecule has 2 amide bonds. The van der Waals surface area contributed by atoms with Crippen molar-refractivity contribution in [3.05, 3.63) is 56.9 Å². The van der Waals surface area contributed by atoms with Gasteiger partial charge in [-0.3, -0.25) is 0 Å². The van der Waals surface area contributed by atoms with Crippen LogP contribution in [-0.2, 0) is 0 Å². The summed E-state index contributed by atoms with van der Waals surface area (Å²) < 4.78 is 0. The molecular formula is C11H8N6O5. The third-order valence-corrected chi connectivity index (χ3v) is 2.42. The third kappa shape index (κ3) is 3.27. The average Bonchev–Trinajstić information content (AvgIpc) is 2.47. The number of hydrogen-bond donors (Lipinski definition) is 2. The molecule has 0 spiro atoms. The van der Waals surface area contributed by atoms with Crippen LogP contribution in [0, 0.1) is 20.2 Å². The van der Waals surface area contributed by atoms with Gasteiger partial charge in [0.2, 0.25) is 0 Å². The summed E-state index contributed by atoms with van der Waals surface area (Å²) in [6.07, 6.45) is 2.40. The number of nitrogens with one attached hydrogen (secondary N) is 2. The highest BCUT2D eigenvalue weighted by molar-refractivity contribution is 6.01. The SMILES string of the molecule is O=C(Nc1cccnc1[N+](=O)[O-])Nc1cccnc1[N+](=O)[O-]. The van der Waals surface area contributed by atoms with Gasteiger partial charge in [-0.1, -0.05) is 0 Å². The predicted octanol–water partition coefficient (Wildman–Crippen LogP) is 1.94. The first-order valence-electron chi connectivity index (χ1n) is 5.76. The van der Waals surface area contributed by atoms with E-state index in [1.807, 2.05) is 0 Å². The molecular weight excluding hydrogens is 296 g/mol. The van der Waals surface area contributed by atoms with Crippen molar-refractivity contribution in [2.75, 3.05) is 10.6 Å². The van der Waals surface area contributed by atoms with E-state index < -0.39 is 27.5 Å². The summed E-state index contributed by atoms with van der Waals surface area (Å²) in [5, 5.41) is 26.0. The number of hydrogen-bond acceptors (Lipinski definition) is 7. The van der Waals surface area contributed by atoms with Crippen LogP contribution in [0.2, 0.25) is 0 Å². The van der Waals surface area contributed by atoms with E-state index in [-0.39, 0.29) is 11.4 Å². The maximum Gasteiger partial charge on any atom is 0.387 e. The highest BCUT2D eigenvalue weighted by Crippen LogP contribution is 2.22. The number of carbonyl (C=O) groups excluding carboxylic acids is 1. The highest BCUT2D eigenvalue weighted by atomic mass is 16.6. The van der Waals surface area contributed by atoms with Gasteiger partial charge in [0.15, 0.2) is 0 Å². The highest BCUT2D eigenvalue weighted by Gasteiger charge is 2.19. The number of pyridine rings is 2. The van der Waals surface area contributed by atoms with E-state index in [1.165, 1.54) is 36.7 Å². The predicted molar refractivity (Wildman–Crippen MR) is 74.4 cm³/mol. The summed E-state index contributed by atoms with van der Waals surface area (Å²) in [6, 6.07) is 4.46. The summed E-state index contributed by atoms with van der Waals surface area (Å²) in [5.74, 6) is -1.09. The van der Waals surface area contributed by atoms with Gasteiger partial charge in [0, 0.05) is 0 Å². The maximum absolute atomic E-state index is 11.8. The van der Waals surface area contributed by atoms with E-state index in [9.17, 15) is 25.0 Å². The van der Waals surface area contributed by atoms with Gasteiger partial charge in [-0.2, -0.15) is 0 Å². The lowest BCUT2D eigenvalue weighted by Crippen LogP contribution is -2.21. The lowest BCUT2D eigenvalue weighted by molar-refractivity contribution is -0.388. The molecule has 2 aromatic rings. The van der Waals surface area contributed by atoms with E-state index in [0.29, 0.717) is 0 Å². The number of nitrogens with zero attached hydrogens (tertiary/aromatic N) is 4. The molecule has 0 aliphatic heterocycles. The van der Waals surface area contributed by atoms with Gasteiger partial charge in [-0.05, 0) is 44.1 Å². The zero-order valence-electron chi connectivity index (χ0n) is 10.8. The zero-order chi connectivity index (χ0) is 16.1. The number of anilines is 2. The number of aromatic nitrogens is 2. The molecule has 0 fully saturated rings. The number of nitro groups is 2. The number of rotatable bonds is 4. The molecule has 2 N–H and O–H groups in total. The Hall–Kier alpha value is -3.63. The van der Waals surface area contributed by atoms with Crippen LogP contribution < -0.4 is 10.6 Å². The number of carbonyl (C=O) groups is 1. The minimum Gasteiger partial charge on any atom is -0.358 e. The van der Waals surface area contributed by atoms with E-state index >= 15 is 0 Å². The van der Waals surface area contributed by atoms with Crippen molar-refractivity contribution in [1.29, 1.82) is 0 Å². The number of amides is 2. The Balaban J connectivity index is 2.18. The van der Waals surface area contributed by atoms with Gasteiger partial charge in [0.1, 0.15) is 23.8 Å². The van der Waals surface area contributed by atoms with Crippen LogP contribution in [0.1, 0.15) is 0 Å². The van der Waals surface area contributed by atoms with Crippen LogP contribution in [0.5, 0.6) is 0 Å². The van der Waals surface area contributed by atoms with E-state index in [1.54, 1.807) is 0 Å². The first-order valence-corrected chi connectivity index (χ1v) is 5.76. The molecule has 2 rings (SSSR count). The lowest BCUT2D eigenvalue weighted by atomic mass is 10.3. The monoisotopic (exact) mass is 304 g/mol. The molecule has 0 aliphatic carbocycles. The molecule has 2 heterocycles. The minimum absolute atomic E-state index is 0.142. The Bertz CT molecular complexity index is 688. The van der Waals surface area contributed by atoms with Crippen molar-refractivity contribution in [2.24, 2.45) is 0 Å². The van der Waals surface area contributed by atoms with Gasteiger partial charge >= 0.3 is 17.7 Å². The van der Waals surface area contributed by atoms with Gasteiger partial charge in [-0.25, -0.2) is 4.79 Å². The first kappa shape index (κ1) is 14.8. The quantitative estimate of drug-likeness (QED) is 0.646. The van der Waals surface area contributed by atoms with E-state index in [2.05, 4.69) is 20.6 Å². The van der Waals surface area contributed by atoms with Gasteiger partial charge < -0.3 is 30.9 Å². The van der Waals surface area contributed by atoms with Crippen LogP contribution in [-0.4, -0.2) is 25.8 Å². The molecule has 0 bridgehead atoms. The van der Waals surface area contributed by atoms with Crippen LogP contribution in [0.15, 0.2) is 36.7 Å². The van der Waals surface area contributed by atoms with Crippen molar-refractivity contribution >= 4 is 29.0 Å². The Morgan fingerprint density at radius 2 is 1.32 bits per heavy atom. The summed E-state index contributed by atoms with van der Waals surface area (Å²) in [7, 11) is 0. The summed E-state index contributed by atoms with van der Waals surface area (Å²) in [5.41, 5.74) is -0.284. The van der Waals surface area contributed by atoms with Crippen molar-refractivity contribution in [1.82, 2.24) is 9.97 Å². The normalized spacial score (nSPS) is 9.82. The molecule has 22 heavy (non-hydrogen) atoms. The fourth-order valence-electron chi connectivity index (χ4n) is 1.56. The van der Waals surface area contributed by atoms with Crippen molar-refractivity contribution in [3.8, 4) is 0 Å². The second kappa shape index (κ2) is 6.21. The molecule has 112 valence electrons. The molecule has 0 radical (unpaired) electrons. The largest absolute Gasteiger partial charge is 0.387 e. The minimum atomic E-state index is -0.896. The second-order valence-electron chi connectivity index (χ2n) is 3.84. The Morgan fingerprint density at radius 3 is 1.68 bits per heavy atom. The standard InChI is InChI=1S/C11H8N6O5/c18-11(14-7-3-1-5-12-9(7)16(19)20)15-8-4-2-6-13-10(8)17(21)22/h1-6H,(H2,14,15,18). The lowest BCUT2D eigenvalue weighted by Gasteiger charge is -2.07.